The molecule has 1 aliphatic rings. The van der Waals surface area contributed by atoms with Crippen LogP contribution >= 0.6 is 0 Å². The fourth-order valence-corrected chi connectivity index (χ4v) is 2.61. The lowest BCUT2D eigenvalue weighted by molar-refractivity contribution is -0.386. The van der Waals surface area contributed by atoms with E-state index in [-0.39, 0.29) is 5.69 Å². The number of nitro groups is 1. The van der Waals surface area contributed by atoms with Crippen molar-refractivity contribution >= 4 is 11.4 Å². The number of nitrogens with zero attached hydrogens (tertiary/aromatic N) is 2. The highest BCUT2D eigenvalue weighted by Crippen LogP contribution is 2.27. The van der Waals surface area contributed by atoms with Crippen molar-refractivity contribution in [3.8, 4) is 0 Å². The molecule has 1 saturated heterocycles. The minimum absolute atomic E-state index is 0.267. The summed E-state index contributed by atoms with van der Waals surface area (Å²) in [6, 6.07) is 4.15. The van der Waals surface area contributed by atoms with Crippen molar-refractivity contribution in [2.75, 3.05) is 32.0 Å². The zero-order valence-corrected chi connectivity index (χ0v) is 11.6. The molecule has 0 unspecified atom stereocenters. The Balaban J connectivity index is 1.88. The van der Waals surface area contributed by atoms with Gasteiger partial charge in [-0.25, -0.2) is 0 Å². The Hall–Kier alpha value is -1.69. The van der Waals surface area contributed by atoms with Crippen molar-refractivity contribution in [1.82, 2.24) is 4.90 Å². The van der Waals surface area contributed by atoms with E-state index in [0.29, 0.717) is 12.5 Å². The third-order valence-electron chi connectivity index (χ3n) is 3.88. The summed E-state index contributed by atoms with van der Waals surface area (Å²) in [6.45, 7) is 2.84. The number of piperidine rings is 1. The molecule has 1 aliphatic heterocycles. The average Bonchev–Trinajstić information content (AvgIpc) is 2.40. The van der Waals surface area contributed by atoms with Gasteiger partial charge in [-0.2, -0.15) is 4.39 Å². The Labute approximate surface area is 117 Å². The van der Waals surface area contributed by atoms with Crippen LogP contribution in [0.5, 0.6) is 0 Å². The average molecular weight is 281 g/mol. The monoisotopic (exact) mass is 281 g/mol. The molecule has 0 bridgehead atoms. The Bertz CT molecular complexity index is 473. The van der Waals surface area contributed by atoms with E-state index < -0.39 is 16.4 Å². The van der Waals surface area contributed by atoms with E-state index in [2.05, 4.69) is 17.3 Å². The first-order valence-corrected chi connectivity index (χ1v) is 6.93. The number of halogens is 1. The number of nitrogens with one attached hydrogen (secondary N) is 1. The second kappa shape index (κ2) is 6.65. The maximum absolute atomic E-state index is 13.4. The Morgan fingerprint density at radius 1 is 1.45 bits per heavy atom. The van der Waals surface area contributed by atoms with Crippen LogP contribution in [0.1, 0.15) is 19.3 Å². The molecule has 0 atom stereocenters. The summed E-state index contributed by atoms with van der Waals surface area (Å²) < 4.78 is 13.4. The normalized spacial score (nSPS) is 17.1. The first-order chi connectivity index (χ1) is 9.58. The summed E-state index contributed by atoms with van der Waals surface area (Å²) in [6.07, 6.45) is 3.27. The molecule has 1 aromatic rings. The van der Waals surface area contributed by atoms with Crippen molar-refractivity contribution in [2.45, 2.75) is 19.3 Å². The molecule has 5 nitrogen and oxygen atoms in total. The Morgan fingerprint density at radius 3 is 2.80 bits per heavy atom. The van der Waals surface area contributed by atoms with Crippen LogP contribution in [0.15, 0.2) is 18.2 Å². The summed E-state index contributed by atoms with van der Waals surface area (Å²) in [5.74, 6) is -0.148. The quantitative estimate of drug-likeness (QED) is 0.666. The van der Waals surface area contributed by atoms with Crippen LogP contribution in [0.25, 0.3) is 0 Å². The predicted octanol–water partition coefficient (Wildman–Crippen LogP) is 2.88. The minimum atomic E-state index is -0.792. The van der Waals surface area contributed by atoms with Crippen LogP contribution in [-0.4, -0.2) is 36.5 Å². The van der Waals surface area contributed by atoms with Gasteiger partial charge in [0.15, 0.2) is 0 Å². The first kappa shape index (κ1) is 14.7. The maximum atomic E-state index is 13.4. The Kier molecular flexibility index (Phi) is 4.89. The number of nitro benzene ring substituents is 1. The van der Waals surface area contributed by atoms with Crippen molar-refractivity contribution in [1.29, 1.82) is 0 Å². The molecule has 20 heavy (non-hydrogen) atoms. The van der Waals surface area contributed by atoms with Crippen LogP contribution in [0.3, 0.4) is 0 Å². The minimum Gasteiger partial charge on any atom is -0.379 e. The lowest BCUT2D eigenvalue weighted by Gasteiger charge is -2.28. The molecule has 1 heterocycles. The highest BCUT2D eigenvalue weighted by atomic mass is 19.1. The largest absolute Gasteiger partial charge is 0.379 e. The molecule has 0 radical (unpaired) electrons. The van der Waals surface area contributed by atoms with Gasteiger partial charge in [-0.05, 0) is 57.5 Å². The maximum Gasteiger partial charge on any atom is 0.327 e. The smallest absolute Gasteiger partial charge is 0.327 e. The van der Waals surface area contributed by atoms with E-state index in [1.807, 2.05) is 0 Å². The van der Waals surface area contributed by atoms with Gasteiger partial charge >= 0.3 is 5.69 Å². The van der Waals surface area contributed by atoms with E-state index in [1.54, 1.807) is 6.07 Å². The van der Waals surface area contributed by atoms with Gasteiger partial charge in [-0.15, -0.1) is 0 Å². The van der Waals surface area contributed by atoms with Crippen LogP contribution in [0, 0.1) is 21.8 Å². The summed E-state index contributed by atoms with van der Waals surface area (Å²) in [5, 5.41) is 13.9. The Morgan fingerprint density at radius 2 is 2.15 bits per heavy atom. The molecule has 0 spiro atoms. The molecule has 0 saturated carbocycles. The fourth-order valence-electron chi connectivity index (χ4n) is 2.61. The molecule has 1 fully saturated rings. The van der Waals surface area contributed by atoms with E-state index >= 15 is 0 Å². The van der Waals surface area contributed by atoms with Crippen LogP contribution in [0.2, 0.25) is 0 Å². The van der Waals surface area contributed by atoms with Gasteiger partial charge in [0.1, 0.15) is 5.69 Å². The second-order valence-electron chi connectivity index (χ2n) is 5.36. The van der Waals surface area contributed by atoms with E-state index in [9.17, 15) is 14.5 Å². The molecule has 1 aromatic carbocycles. The molecule has 0 aromatic heterocycles. The van der Waals surface area contributed by atoms with Gasteiger partial charge in [0.25, 0.3) is 0 Å². The number of hydrogen-bond donors (Lipinski definition) is 1. The van der Waals surface area contributed by atoms with Crippen LogP contribution in [0.4, 0.5) is 15.8 Å². The highest BCUT2D eigenvalue weighted by molar-refractivity contribution is 5.61. The molecule has 1 N–H and O–H groups in total. The number of rotatable bonds is 5. The van der Waals surface area contributed by atoms with Crippen molar-refractivity contribution in [2.24, 2.45) is 5.92 Å². The molecule has 0 amide bonds. The first-order valence-electron chi connectivity index (χ1n) is 6.93. The highest BCUT2D eigenvalue weighted by Gasteiger charge is 2.20. The molecule has 110 valence electrons. The lowest BCUT2D eigenvalue weighted by atomic mass is 9.94. The van der Waals surface area contributed by atoms with Gasteiger partial charge < -0.3 is 10.2 Å². The third-order valence-corrected chi connectivity index (χ3v) is 3.88. The van der Waals surface area contributed by atoms with Gasteiger partial charge in [-0.1, -0.05) is 6.07 Å². The number of hydrogen-bond acceptors (Lipinski definition) is 4. The summed E-state index contributed by atoms with van der Waals surface area (Å²) in [7, 11) is 2.12. The molecular weight excluding hydrogens is 261 g/mol. The van der Waals surface area contributed by atoms with Gasteiger partial charge in [0.05, 0.1) is 4.92 Å². The summed E-state index contributed by atoms with van der Waals surface area (Å²) in [5.41, 5.74) is -0.196. The van der Waals surface area contributed by atoms with E-state index in [4.69, 9.17) is 0 Å². The van der Waals surface area contributed by atoms with Crippen LogP contribution < -0.4 is 5.32 Å². The standard InChI is InChI=1S/C14H20FN3O2/c1-17-9-6-11(7-10-17)5-8-16-13-4-2-3-12(15)14(13)18(19)20/h2-4,11,16H,5-10H2,1H3. The van der Waals surface area contributed by atoms with Crippen molar-refractivity contribution in [3.63, 3.8) is 0 Å². The summed E-state index contributed by atoms with van der Waals surface area (Å²) >= 11 is 0. The number of para-hydroxylation sites is 1. The zero-order chi connectivity index (χ0) is 14.5. The lowest BCUT2D eigenvalue weighted by Crippen LogP contribution is -2.30. The van der Waals surface area contributed by atoms with E-state index in [1.165, 1.54) is 6.07 Å². The number of benzene rings is 1. The summed E-state index contributed by atoms with van der Waals surface area (Å²) in [4.78, 5) is 12.5. The fraction of sp³-hybridized carbons (Fsp3) is 0.571. The third kappa shape index (κ3) is 3.66. The topological polar surface area (TPSA) is 58.4 Å². The van der Waals surface area contributed by atoms with Gasteiger partial charge in [0, 0.05) is 6.54 Å². The predicted molar refractivity (Wildman–Crippen MR) is 76.4 cm³/mol. The zero-order valence-electron chi connectivity index (χ0n) is 11.6. The van der Waals surface area contributed by atoms with Gasteiger partial charge in [0.2, 0.25) is 5.82 Å². The molecule has 6 heteroatoms. The second-order valence-corrected chi connectivity index (χ2v) is 5.36. The van der Waals surface area contributed by atoms with E-state index in [0.717, 1.165) is 38.4 Å². The number of anilines is 1. The van der Waals surface area contributed by atoms with Crippen LogP contribution in [-0.2, 0) is 0 Å². The van der Waals surface area contributed by atoms with Gasteiger partial charge in [-0.3, -0.25) is 10.1 Å². The molecular formula is C14H20FN3O2. The number of likely N-dealkylation sites (tertiary alicyclic amines) is 1. The molecule has 0 aliphatic carbocycles. The SMILES string of the molecule is CN1CCC(CCNc2cccc(F)c2[N+](=O)[O-])CC1. The van der Waals surface area contributed by atoms with Crippen molar-refractivity contribution < 1.29 is 9.31 Å². The van der Waals surface area contributed by atoms with Crippen molar-refractivity contribution in [3.05, 3.63) is 34.1 Å². The molecule has 2 rings (SSSR count).